The van der Waals surface area contributed by atoms with Crippen LogP contribution in [0.5, 0.6) is 0 Å². The molecule has 4 rings (SSSR count). The van der Waals surface area contributed by atoms with Crippen LogP contribution in [0.1, 0.15) is 40.4 Å². The SMILES string of the molecule is O=C(O)c1cnn(C2CCc3cc(N4CCC4)ncc32)c1. The Hall–Kier alpha value is -2.37. The summed E-state index contributed by atoms with van der Waals surface area (Å²) in [5.74, 6) is 0.123. The van der Waals surface area contributed by atoms with Crippen LogP contribution in [0.25, 0.3) is 0 Å². The molecule has 0 amide bonds. The molecule has 21 heavy (non-hydrogen) atoms. The summed E-state index contributed by atoms with van der Waals surface area (Å²) < 4.78 is 1.75. The summed E-state index contributed by atoms with van der Waals surface area (Å²) in [7, 11) is 0. The van der Waals surface area contributed by atoms with Crippen molar-refractivity contribution in [1.29, 1.82) is 0 Å². The van der Waals surface area contributed by atoms with Crippen molar-refractivity contribution in [3.05, 3.63) is 41.3 Å². The number of hydrogen-bond acceptors (Lipinski definition) is 4. The van der Waals surface area contributed by atoms with Gasteiger partial charge in [-0.1, -0.05) is 0 Å². The quantitative estimate of drug-likeness (QED) is 0.929. The summed E-state index contributed by atoms with van der Waals surface area (Å²) in [6.45, 7) is 2.19. The number of aromatic carboxylic acids is 1. The molecule has 3 heterocycles. The molecule has 0 saturated carbocycles. The lowest BCUT2D eigenvalue weighted by Crippen LogP contribution is -2.37. The zero-order valence-corrected chi connectivity index (χ0v) is 11.6. The summed E-state index contributed by atoms with van der Waals surface area (Å²) in [6, 6.07) is 2.28. The summed E-state index contributed by atoms with van der Waals surface area (Å²) in [4.78, 5) is 17.8. The predicted octanol–water partition coefficient (Wildman–Crippen LogP) is 1.72. The first-order valence-corrected chi connectivity index (χ1v) is 7.23. The van der Waals surface area contributed by atoms with Gasteiger partial charge in [-0.05, 0) is 36.5 Å². The second kappa shape index (κ2) is 4.58. The highest BCUT2D eigenvalue weighted by Gasteiger charge is 2.27. The van der Waals surface area contributed by atoms with Crippen LogP contribution in [0.3, 0.4) is 0 Å². The van der Waals surface area contributed by atoms with Gasteiger partial charge in [-0.15, -0.1) is 0 Å². The van der Waals surface area contributed by atoms with Crippen LogP contribution in [0.4, 0.5) is 5.82 Å². The zero-order valence-electron chi connectivity index (χ0n) is 11.6. The molecule has 0 radical (unpaired) electrons. The molecule has 6 heteroatoms. The molecule has 1 aliphatic carbocycles. The normalized spacial score (nSPS) is 20.2. The van der Waals surface area contributed by atoms with E-state index in [1.807, 2.05) is 6.20 Å². The van der Waals surface area contributed by atoms with E-state index in [1.165, 1.54) is 23.7 Å². The van der Waals surface area contributed by atoms with Crippen LogP contribution in [0.15, 0.2) is 24.7 Å². The summed E-state index contributed by atoms with van der Waals surface area (Å²) in [5, 5.41) is 13.2. The zero-order chi connectivity index (χ0) is 14.4. The lowest BCUT2D eigenvalue weighted by atomic mass is 10.1. The van der Waals surface area contributed by atoms with Crippen molar-refractivity contribution in [2.24, 2.45) is 0 Å². The largest absolute Gasteiger partial charge is 0.478 e. The lowest BCUT2D eigenvalue weighted by molar-refractivity contribution is 0.0696. The third-order valence-electron chi connectivity index (χ3n) is 4.40. The number of aryl methyl sites for hydroxylation is 1. The molecule has 1 N–H and O–H groups in total. The maximum Gasteiger partial charge on any atom is 0.338 e. The van der Waals surface area contributed by atoms with E-state index in [9.17, 15) is 4.79 Å². The smallest absolute Gasteiger partial charge is 0.338 e. The molecule has 0 aromatic carbocycles. The molecule has 1 saturated heterocycles. The number of fused-ring (bicyclic) bond motifs is 1. The number of anilines is 1. The van der Waals surface area contributed by atoms with E-state index >= 15 is 0 Å². The third-order valence-corrected chi connectivity index (χ3v) is 4.40. The van der Waals surface area contributed by atoms with Gasteiger partial charge in [0.1, 0.15) is 5.82 Å². The fourth-order valence-corrected chi connectivity index (χ4v) is 3.07. The van der Waals surface area contributed by atoms with Crippen molar-refractivity contribution in [3.8, 4) is 0 Å². The number of pyridine rings is 1. The van der Waals surface area contributed by atoms with E-state index in [1.54, 1.807) is 10.9 Å². The number of hydrogen-bond donors (Lipinski definition) is 1. The van der Waals surface area contributed by atoms with Gasteiger partial charge in [0.05, 0.1) is 17.8 Å². The summed E-state index contributed by atoms with van der Waals surface area (Å²) in [6.07, 6.45) is 8.12. The van der Waals surface area contributed by atoms with Gasteiger partial charge in [0, 0.05) is 25.5 Å². The number of carbonyl (C=O) groups is 1. The van der Waals surface area contributed by atoms with Crippen molar-refractivity contribution >= 4 is 11.8 Å². The van der Waals surface area contributed by atoms with Crippen molar-refractivity contribution in [1.82, 2.24) is 14.8 Å². The number of carboxylic acid groups (broad SMARTS) is 1. The minimum Gasteiger partial charge on any atom is -0.478 e. The highest BCUT2D eigenvalue weighted by Crippen LogP contribution is 2.35. The van der Waals surface area contributed by atoms with Gasteiger partial charge >= 0.3 is 5.97 Å². The third kappa shape index (κ3) is 1.98. The number of nitrogens with zero attached hydrogens (tertiary/aromatic N) is 4. The van der Waals surface area contributed by atoms with Crippen molar-refractivity contribution in [2.45, 2.75) is 25.3 Å². The molecule has 1 unspecified atom stereocenters. The first-order chi connectivity index (χ1) is 10.2. The maximum absolute atomic E-state index is 11.0. The molecule has 1 aliphatic heterocycles. The molecule has 6 nitrogen and oxygen atoms in total. The van der Waals surface area contributed by atoms with Gasteiger partial charge in [0.25, 0.3) is 0 Å². The van der Waals surface area contributed by atoms with E-state index in [0.717, 1.165) is 31.7 Å². The monoisotopic (exact) mass is 284 g/mol. The predicted molar refractivity (Wildman–Crippen MR) is 76.7 cm³/mol. The number of aromatic nitrogens is 3. The average molecular weight is 284 g/mol. The Morgan fingerprint density at radius 1 is 1.33 bits per heavy atom. The minimum absolute atomic E-state index is 0.103. The van der Waals surface area contributed by atoms with Crippen LogP contribution in [0, 0.1) is 0 Å². The fourth-order valence-electron chi connectivity index (χ4n) is 3.07. The summed E-state index contributed by atoms with van der Waals surface area (Å²) >= 11 is 0. The Balaban J connectivity index is 1.64. The Labute approximate surface area is 122 Å². The molecule has 2 aliphatic rings. The van der Waals surface area contributed by atoms with E-state index < -0.39 is 5.97 Å². The Kier molecular flexibility index (Phi) is 2.70. The van der Waals surface area contributed by atoms with Crippen LogP contribution in [-0.2, 0) is 6.42 Å². The molecule has 108 valence electrons. The van der Waals surface area contributed by atoms with Crippen molar-refractivity contribution in [3.63, 3.8) is 0 Å². The molecule has 1 atom stereocenters. The Morgan fingerprint density at radius 3 is 2.86 bits per heavy atom. The van der Waals surface area contributed by atoms with Crippen LogP contribution in [-0.4, -0.2) is 38.9 Å². The molecule has 2 aromatic heterocycles. The molecular formula is C15H16N4O2. The number of rotatable bonds is 3. The van der Waals surface area contributed by atoms with Gasteiger partial charge in [0.15, 0.2) is 0 Å². The second-order valence-electron chi connectivity index (χ2n) is 5.65. The van der Waals surface area contributed by atoms with Crippen molar-refractivity contribution < 1.29 is 9.90 Å². The second-order valence-corrected chi connectivity index (χ2v) is 5.65. The summed E-state index contributed by atoms with van der Waals surface area (Å²) in [5.41, 5.74) is 2.71. The highest BCUT2D eigenvalue weighted by molar-refractivity contribution is 5.86. The van der Waals surface area contributed by atoms with Gasteiger partial charge in [-0.2, -0.15) is 5.10 Å². The van der Waals surface area contributed by atoms with Crippen LogP contribution >= 0.6 is 0 Å². The minimum atomic E-state index is -0.939. The van der Waals surface area contributed by atoms with Gasteiger partial charge in [-0.3, -0.25) is 4.68 Å². The first kappa shape index (κ1) is 12.4. The molecule has 1 fully saturated rings. The Morgan fingerprint density at radius 2 is 2.19 bits per heavy atom. The standard InChI is InChI=1S/C15H16N4O2/c20-15(21)11-7-17-19(9-11)13-3-2-10-6-14(16-8-12(10)13)18-4-1-5-18/h6-9,13H,1-5H2,(H,20,21). The van der Waals surface area contributed by atoms with E-state index in [0.29, 0.717) is 0 Å². The Bertz CT molecular complexity index is 705. The van der Waals surface area contributed by atoms with Gasteiger partial charge in [-0.25, -0.2) is 9.78 Å². The highest BCUT2D eigenvalue weighted by atomic mass is 16.4. The van der Waals surface area contributed by atoms with Crippen LogP contribution in [0.2, 0.25) is 0 Å². The molecule has 2 aromatic rings. The van der Waals surface area contributed by atoms with E-state index in [-0.39, 0.29) is 11.6 Å². The van der Waals surface area contributed by atoms with Crippen LogP contribution < -0.4 is 4.90 Å². The van der Waals surface area contributed by atoms with E-state index in [4.69, 9.17) is 5.11 Å². The van der Waals surface area contributed by atoms with E-state index in [2.05, 4.69) is 21.0 Å². The maximum atomic E-state index is 11.0. The molecule has 0 bridgehead atoms. The van der Waals surface area contributed by atoms with Gasteiger partial charge in [0.2, 0.25) is 0 Å². The fraction of sp³-hybridized carbons (Fsp3) is 0.400. The average Bonchev–Trinajstić information content (AvgIpc) is 3.01. The molecular weight excluding hydrogens is 268 g/mol. The topological polar surface area (TPSA) is 71.2 Å². The van der Waals surface area contributed by atoms with Crippen molar-refractivity contribution in [2.75, 3.05) is 18.0 Å². The van der Waals surface area contributed by atoms with Gasteiger partial charge < -0.3 is 10.0 Å². The first-order valence-electron chi connectivity index (χ1n) is 7.23. The lowest BCUT2D eigenvalue weighted by Gasteiger charge is -2.32. The number of carboxylic acids is 1. The molecule has 0 spiro atoms.